The van der Waals surface area contributed by atoms with Gasteiger partial charge >= 0.3 is 0 Å². The molecule has 3 rings (SSSR count). The second-order valence-corrected chi connectivity index (χ2v) is 5.43. The van der Waals surface area contributed by atoms with Crippen molar-refractivity contribution in [3.8, 4) is 0 Å². The molecule has 0 radical (unpaired) electrons. The van der Waals surface area contributed by atoms with E-state index in [0.29, 0.717) is 6.04 Å². The van der Waals surface area contributed by atoms with Gasteiger partial charge in [-0.1, -0.05) is 30.3 Å². The minimum atomic E-state index is -0.244. The Morgan fingerprint density at radius 1 is 1.27 bits per heavy atom. The lowest BCUT2D eigenvalue weighted by atomic mass is 10.1. The highest BCUT2D eigenvalue weighted by atomic mass is 16.5. The van der Waals surface area contributed by atoms with E-state index in [1.54, 1.807) is 7.11 Å². The number of nitrogens with one attached hydrogen (secondary N) is 1. The third-order valence-electron chi connectivity index (χ3n) is 3.97. The number of rotatable bonds is 5. The summed E-state index contributed by atoms with van der Waals surface area (Å²) in [7, 11) is 3.65. The van der Waals surface area contributed by atoms with Gasteiger partial charge in [-0.15, -0.1) is 0 Å². The zero-order valence-electron chi connectivity index (χ0n) is 12.9. The average molecular weight is 299 g/mol. The smallest absolute Gasteiger partial charge is 0.222 e. The standard InChI is InChI=1S/C16H21N5O/c1-18-12-9-21(10-12)14-8-13(19-16(17)20-14)15(22-2)11-6-4-3-5-7-11/h3-8,12,15,18H,9-10H2,1-2H3,(H2,17,19,20). The number of hydrogen-bond acceptors (Lipinski definition) is 6. The molecule has 1 fully saturated rings. The minimum Gasteiger partial charge on any atom is -0.370 e. The average Bonchev–Trinajstić information content (AvgIpc) is 2.48. The molecule has 1 unspecified atom stereocenters. The molecule has 0 spiro atoms. The van der Waals surface area contributed by atoms with Gasteiger partial charge in [0.15, 0.2) is 0 Å². The summed E-state index contributed by atoms with van der Waals surface area (Å²) in [6.07, 6.45) is -0.244. The largest absolute Gasteiger partial charge is 0.370 e. The van der Waals surface area contributed by atoms with Crippen molar-refractivity contribution in [3.05, 3.63) is 47.7 Å². The van der Waals surface area contributed by atoms with E-state index >= 15 is 0 Å². The highest BCUT2D eigenvalue weighted by Gasteiger charge is 2.27. The molecule has 1 aromatic carbocycles. The van der Waals surface area contributed by atoms with Gasteiger partial charge < -0.3 is 20.7 Å². The van der Waals surface area contributed by atoms with E-state index in [2.05, 4.69) is 20.2 Å². The molecular formula is C16H21N5O. The van der Waals surface area contributed by atoms with Crippen molar-refractivity contribution < 1.29 is 4.74 Å². The number of ether oxygens (including phenoxy) is 1. The maximum Gasteiger partial charge on any atom is 0.222 e. The summed E-state index contributed by atoms with van der Waals surface area (Å²) in [6.45, 7) is 1.85. The summed E-state index contributed by atoms with van der Waals surface area (Å²) in [6, 6.07) is 12.5. The predicted octanol–water partition coefficient (Wildman–Crippen LogP) is 1.20. The number of nitrogens with zero attached hydrogens (tertiary/aromatic N) is 3. The van der Waals surface area contributed by atoms with Gasteiger partial charge in [-0.2, -0.15) is 4.98 Å². The number of nitrogens with two attached hydrogens (primary N) is 1. The van der Waals surface area contributed by atoms with Gasteiger partial charge in [-0.05, 0) is 12.6 Å². The Bertz CT molecular complexity index is 628. The molecule has 1 aliphatic rings. The Morgan fingerprint density at radius 3 is 2.64 bits per heavy atom. The third kappa shape index (κ3) is 2.88. The van der Waals surface area contributed by atoms with Crippen molar-refractivity contribution in [1.82, 2.24) is 15.3 Å². The topological polar surface area (TPSA) is 76.3 Å². The number of anilines is 2. The number of methoxy groups -OCH3 is 1. The Balaban J connectivity index is 1.88. The van der Waals surface area contributed by atoms with Crippen LogP contribution in [-0.4, -0.2) is 43.3 Å². The van der Waals surface area contributed by atoms with E-state index in [4.69, 9.17) is 10.5 Å². The zero-order chi connectivity index (χ0) is 15.5. The zero-order valence-corrected chi connectivity index (χ0v) is 12.9. The van der Waals surface area contributed by atoms with E-state index in [9.17, 15) is 0 Å². The number of aromatic nitrogens is 2. The lowest BCUT2D eigenvalue weighted by Gasteiger charge is -2.40. The van der Waals surface area contributed by atoms with Crippen LogP contribution >= 0.6 is 0 Å². The minimum absolute atomic E-state index is 0.244. The molecule has 6 heteroatoms. The summed E-state index contributed by atoms with van der Waals surface area (Å²) >= 11 is 0. The second-order valence-electron chi connectivity index (χ2n) is 5.43. The van der Waals surface area contributed by atoms with Gasteiger partial charge in [0, 0.05) is 32.3 Å². The fraction of sp³-hybridized carbons (Fsp3) is 0.375. The van der Waals surface area contributed by atoms with E-state index in [-0.39, 0.29) is 12.1 Å². The first-order chi connectivity index (χ1) is 10.7. The summed E-state index contributed by atoms with van der Waals surface area (Å²) in [5.41, 5.74) is 7.72. The van der Waals surface area contributed by atoms with Crippen molar-refractivity contribution in [2.24, 2.45) is 0 Å². The quantitative estimate of drug-likeness (QED) is 0.864. The van der Waals surface area contributed by atoms with E-state index < -0.39 is 0 Å². The first kappa shape index (κ1) is 14.7. The van der Waals surface area contributed by atoms with Crippen LogP contribution < -0.4 is 16.0 Å². The van der Waals surface area contributed by atoms with Gasteiger partial charge in [-0.3, -0.25) is 0 Å². The fourth-order valence-corrected chi connectivity index (χ4v) is 2.67. The van der Waals surface area contributed by atoms with Crippen molar-refractivity contribution in [3.63, 3.8) is 0 Å². The molecule has 1 aliphatic heterocycles. The van der Waals surface area contributed by atoms with Crippen molar-refractivity contribution in [1.29, 1.82) is 0 Å². The number of benzene rings is 1. The second kappa shape index (κ2) is 6.29. The van der Waals surface area contributed by atoms with E-state index in [1.165, 1.54) is 0 Å². The Labute approximate surface area is 130 Å². The van der Waals surface area contributed by atoms with Gasteiger partial charge in [0.05, 0.1) is 5.69 Å². The summed E-state index contributed by atoms with van der Waals surface area (Å²) in [4.78, 5) is 10.9. The molecule has 1 aromatic heterocycles. The number of nitrogen functional groups attached to an aromatic ring is 1. The molecule has 1 atom stereocenters. The fourth-order valence-electron chi connectivity index (χ4n) is 2.67. The van der Waals surface area contributed by atoms with Crippen LogP contribution in [0.2, 0.25) is 0 Å². The van der Waals surface area contributed by atoms with Gasteiger partial charge in [0.2, 0.25) is 5.95 Å². The molecule has 2 aromatic rings. The maximum atomic E-state index is 5.89. The van der Waals surface area contributed by atoms with Crippen LogP contribution in [0.1, 0.15) is 17.4 Å². The Kier molecular flexibility index (Phi) is 4.22. The lowest BCUT2D eigenvalue weighted by Crippen LogP contribution is -2.57. The van der Waals surface area contributed by atoms with Crippen LogP contribution in [0.4, 0.5) is 11.8 Å². The molecule has 22 heavy (non-hydrogen) atoms. The molecular weight excluding hydrogens is 278 g/mol. The first-order valence-electron chi connectivity index (χ1n) is 7.35. The number of hydrogen-bond donors (Lipinski definition) is 2. The molecule has 116 valence electrons. The predicted molar refractivity (Wildman–Crippen MR) is 86.8 cm³/mol. The molecule has 2 heterocycles. The molecule has 1 saturated heterocycles. The van der Waals surface area contributed by atoms with Crippen LogP contribution in [0.5, 0.6) is 0 Å². The lowest BCUT2D eigenvalue weighted by molar-refractivity contribution is 0.133. The monoisotopic (exact) mass is 299 g/mol. The first-order valence-corrected chi connectivity index (χ1v) is 7.35. The SMILES string of the molecule is CNC1CN(c2cc(C(OC)c3ccccc3)nc(N)n2)C1. The van der Waals surface area contributed by atoms with Crippen molar-refractivity contribution >= 4 is 11.8 Å². The molecule has 0 bridgehead atoms. The molecule has 0 aliphatic carbocycles. The summed E-state index contributed by atoms with van der Waals surface area (Å²) < 4.78 is 5.63. The number of likely N-dealkylation sites (N-methyl/N-ethyl adjacent to an activating group) is 1. The van der Waals surface area contributed by atoms with Crippen LogP contribution in [-0.2, 0) is 4.74 Å². The molecule has 3 N–H and O–H groups in total. The Morgan fingerprint density at radius 2 is 2.00 bits per heavy atom. The van der Waals surface area contributed by atoms with E-state index in [1.807, 2.05) is 43.4 Å². The van der Waals surface area contributed by atoms with Gasteiger partial charge in [0.25, 0.3) is 0 Å². The van der Waals surface area contributed by atoms with E-state index in [0.717, 1.165) is 30.2 Å². The molecule has 6 nitrogen and oxygen atoms in total. The normalized spacial score (nSPS) is 16.4. The highest BCUT2D eigenvalue weighted by Crippen LogP contribution is 2.28. The summed E-state index contributed by atoms with van der Waals surface area (Å²) in [5.74, 6) is 1.13. The summed E-state index contributed by atoms with van der Waals surface area (Å²) in [5, 5.41) is 3.25. The molecule has 0 saturated carbocycles. The van der Waals surface area contributed by atoms with Crippen LogP contribution in [0.3, 0.4) is 0 Å². The van der Waals surface area contributed by atoms with Gasteiger partial charge in [-0.25, -0.2) is 4.98 Å². The molecule has 0 amide bonds. The van der Waals surface area contributed by atoms with Crippen LogP contribution in [0.25, 0.3) is 0 Å². The van der Waals surface area contributed by atoms with Crippen molar-refractivity contribution in [2.75, 3.05) is 37.9 Å². The van der Waals surface area contributed by atoms with Crippen LogP contribution in [0, 0.1) is 0 Å². The van der Waals surface area contributed by atoms with Crippen LogP contribution in [0.15, 0.2) is 36.4 Å². The highest BCUT2D eigenvalue weighted by molar-refractivity contribution is 5.48. The Hall–Kier alpha value is -2.18. The van der Waals surface area contributed by atoms with Gasteiger partial charge in [0.1, 0.15) is 11.9 Å². The maximum absolute atomic E-state index is 5.89. The van der Waals surface area contributed by atoms with Crippen molar-refractivity contribution in [2.45, 2.75) is 12.1 Å². The third-order valence-corrected chi connectivity index (χ3v) is 3.97.